The first-order valence-electron chi connectivity index (χ1n) is 7.29. The number of rotatable bonds is 6. The Morgan fingerprint density at radius 1 is 1.33 bits per heavy atom. The molecule has 4 nitrogen and oxygen atoms in total. The summed E-state index contributed by atoms with van der Waals surface area (Å²) in [5.41, 5.74) is 0.776. The molecule has 2 rings (SSSR count). The second-order valence-electron chi connectivity index (χ2n) is 4.77. The quantitative estimate of drug-likeness (QED) is 0.779. The van der Waals surface area contributed by atoms with Gasteiger partial charge in [-0.05, 0) is 42.8 Å². The summed E-state index contributed by atoms with van der Waals surface area (Å²) in [5.74, 6) is -0.0257. The van der Waals surface area contributed by atoms with Gasteiger partial charge in [0.1, 0.15) is 5.82 Å². The molecule has 0 aliphatic rings. The number of para-hydroxylation sites is 1. The highest BCUT2D eigenvalue weighted by Gasteiger charge is 2.11. The van der Waals surface area contributed by atoms with Gasteiger partial charge in [0, 0.05) is 6.08 Å². The molecule has 0 atom stereocenters. The highest BCUT2D eigenvalue weighted by molar-refractivity contribution is 6.32. The van der Waals surface area contributed by atoms with Crippen LogP contribution in [0.4, 0.5) is 10.1 Å². The molecule has 0 spiro atoms. The molecule has 2 aromatic carbocycles. The first-order chi connectivity index (χ1) is 11.5. The van der Waals surface area contributed by atoms with E-state index in [9.17, 15) is 9.18 Å². The molecular weight excluding hydrogens is 333 g/mol. The van der Waals surface area contributed by atoms with Gasteiger partial charge in [0.25, 0.3) is 0 Å². The van der Waals surface area contributed by atoms with E-state index >= 15 is 0 Å². The molecule has 0 fully saturated rings. The first kappa shape index (κ1) is 17.8. The lowest BCUT2D eigenvalue weighted by Crippen LogP contribution is -2.09. The van der Waals surface area contributed by atoms with Gasteiger partial charge >= 0.3 is 0 Å². The van der Waals surface area contributed by atoms with Crippen molar-refractivity contribution in [1.82, 2.24) is 0 Å². The van der Waals surface area contributed by atoms with E-state index in [-0.39, 0.29) is 5.69 Å². The molecule has 0 radical (unpaired) electrons. The van der Waals surface area contributed by atoms with Crippen LogP contribution in [0.3, 0.4) is 0 Å². The predicted molar refractivity (Wildman–Crippen MR) is 93.2 cm³/mol. The van der Waals surface area contributed by atoms with Crippen molar-refractivity contribution in [3.05, 3.63) is 58.9 Å². The van der Waals surface area contributed by atoms with Gasteiger partial charge in [-0.15, -0.1) is 0 Å². The minimum atomic E-state index is -0.495. The van der Waals surface area contributed by atoms with Crippen molar-refractivity contribution in [3.8, 4) is 11.5 Å². The van der Waals surface area contributed by atoms with Crippen LogP contribution in [-0.4, -0.2) is 19.6 Å². The average Bonchev–Trinajstić information content (AvgIpc) is 2.57. The Kier molecular flexibility index (Phi) is 6.21. The number of carbonyl (C=O) groups is 1. The summed E-state index contributed by atoms with van der Waals surface area (Å²) in [6, 6.07) is 9.30. The van der Waals surface area contributed by atoms with Crippen molar-refractivity contribution in [2.75, 3.05) is 19.0 Å². The molecule has 0 saturated carbocycles. The van der Waals surface area contributed by atoms with Gasteiger partial charge in [0.05, 0.1) is 24.4 Å². The van der Waals surface area contributed by atoms with Crippen molar-refractivity contribution < 1.29 is 18.7 Å². The third kappa shape index (κ3) is 4.49. The smallest absolute Gasteiger partial charge is 0.248 e. The fourth-order valence-electron chi connectivity index (χ4n) is 2.03. The number of halogens is 2. The van der Waals surface area contributed by atoms with E-state index in [2.05, 4.69) is 5.32 Å². The summed E-state index contributed by atoms with van der Waals surface area (Å²) < 4.78 is 24.2. The lowest BCUT2D eigenvalue weighted by atomic mass is 10.2. The summed E-state index contributed by atoms with van der Waals surface area (Å²) in [4.78, 5) is 11.9. The molecule has 0 bridgehead atoms. The van der Waals surface area contributed by atoms with Crippen LogP contribution in [0, 0.1) is 5.82 Å². The number of benzene rings is 2. The Balaban J connectivity index is 2.15. The van der Waals surface area contributed by atoms with E-state index in [0.717, 1.165) is 0 Å². The van der Waals surface area contributed by atoms with Crippen molar-refractivity contribution in [3.63, 3.8) is 0 Å². The lowest BCUT2D eigenvalue weighted by molar-refractivity contribution is -0.111. The van der Waals surface area contributed by atoms with Crippen molar-refractivity contribution in [2.45, 2.75) is 6.92 Å². The second-order valence-corrected chi connectivity index (χ2v) is 5.18. The fraction of sp³-hybridized carbons (Fsp3) is 0.167. The van der Waals surface area contributed by atoms with Crippen LogP contribution in [0.25, 0.3) is 6.08 Å². The number of carbonyl (C=O) groups excluding carboxylic acids is 1. The molecule has 24 heavy (non-hydrogen) atoms. The van der Waals surface area contributed by atoms with Gasteiger partial charge < -0.3 is 14.8 Å². The molecule has 0 aliphatic carbocycles. The fourth-order valence-corrected chi connectivity index (χ4v) is 2.30. The molecule has 2 aromatic rings. The number of ether oxygens (including phenoxy) is 2. The van der Waals surface area contributed by atoms with Crippen molar-refractivity contribution in [2.24, 2.45) is 0 Å². The molecule has 1 N–H and O–H groups in total. The highest BCUT2D eigenvalue weighted by atomic mass is 35.5. The van der Waals surface area contributed by atoms with E-state index in [1.54, 1.807) is 30.3 Å². The number of nitrogens with one attached hydrogen (secondary N) is 1. The van der Waals surface area contributed by atoms with Crippen LogP contribution < -0.4 is 14.8 Å². The van der Waals surface area contributed by atoms with E-state index in [4.69, 9.17) is 21.1 Å². The zero-order chi connectivity index (χ0) is 17.5. The van der Waals surface area contributed by atoms with Crippen LogP contribution >= 0.6 is 11.6 Å². The number of methoxy groups -OCH3 is 1. The van der Waals surface area contributed by atoms with Gasteiger partial charge in [0.2, 0.25) is 5.91 Å². The highest BCUT2D eigenvalue weighted by Crippen LogP contribution is 2.36. The minimum absolute atomic E-state index is 0.120. The first-order valence-corrected chi connectivity index (χ1v) is 7.67. The Bertz CT molecular complexity index is 762. The third-order valence-electron chi connectivity index (χ3n) is 3.10. The maximum absolute atomic E-state index is 13.5. The molecule has 1 amide bonds. The summed E-state index contributed by atoms with van der Waals surface area (Å²) in [6.07, 6.45) is 2.85. The molecule has 126 valence electrons. The monoisotopic (exact) mass is 349 g/mol. The molecule has 6 heteroatoms. The van der Waals surface area contributed by atoms with Gasteiger partial charge in [-0.2, -0.15) is 0 Å². The van der Waals surface area contributed by atoms with Gasteiger partial charge in [0.15, 0.2) is 11.5 Å². The number of amides is 1. The molecular formula is C18H17ClFNO3. The van der Waals surface area contributed by atoms with E-state index in [0.29, 0.717) is 28.7 Å². The van der Waals surface area contributed by atoms with Crippen LogP contribution in [0.1, 0.15) is 12.5 Å². The Hall–Kier alpha value is -2.53. The second kappa shape index (κ2) is 8.36. The molecule has 0 aliphatic heterocycles. The minimum Gasteiger partial charge on any atom is -0.493 e. The summed E-state index contributed by atoms with van der Waals surface area (Å²) in [6.45, 7) is 2.30. The van der Waals surface area contributed by atoms with Crippen LogP contribution in [0.2, 0.25) is 5.02 Å². The molecule has 0 heterocycles. The van der Waals surface area contributed by atoms with E-state index in [1.807, 2.05) is 6.92 Å². The van der Waals surface area contributed by atoms with Crippen molar-refractivity contribution in [1.29, 1.82) is 0 Å². The summed E-state index contributed by atoms with van der Waals surface area (Å²) >= 11 is 6.17. The normalized spacial score (nSPS) is 10.7. The molecule has 0 aromatic heterocycles. The molecule has 0 unspecified atom stereocenters. The zero-order valence-corrected chi connectivity index (χ0v) is 14.1. The third-order valence-corrected chi connectivity index (χ3v) is 3.38. The van der Waals surface area contributed by atoms with E-state index < -0.39 is 11.7 Å². The number of hydrogen-bond donors (Lipinski definition) is 1. The Morgan fingerprint density at radius 2 is 2.08 bits per heavy atom. The van der Waals surface area contributed by atoms with Crippen LogP contribution in [-0.2, 0) is 4.79 Å². The predicted octanol–water partition coefficient (Wildman–Crippen LogP) is 4.54. The largest absolute Gasteiger partial charge is 0.493 e. The SMILES string of the molecule is CCOc1c(Cl)cc(/C=C/C(=O)Nc2ccccc2F)cc1OC. The van der Waals surface area contributed by atoms with Gasteiger partial charge in [-0.3, -0.25) is 4.79 Å². The van der Waals surface area contributed by atoms with Crippen molar-refractivity contribution >= 4 is 29.3 Å². The summed E-state index contributed by atoms with van der Waals surface area (Å²) in [5, 5.41) is 2.85. The van der Waals surface area contributed by atoms with Crippen LogP contribution in [0.5, 0.6) is 11.5 Å². The number of hydrogen-bond acceptors (Lipinski definition) is 3. The van der Waals surface area contributed by atoms with Gasteiger partial charge in [-0.1, -0.05) is 23.7 Å². The van der Waals surface area contributed by atoms with Gasteiger partial charge in [-0.25, -0.2) is 4.39 Å². The lowest BCUT2D eigenvalue weighted by Gasteiger charge is -2.11. The maximum Gasteiger partial charge on any atom is 0.248 e. The average molecular weight is 350 g/mol. The van der Waals surface area contributed by atoms with Crippen LogP contribution in [0.15, 0.2) is 42.5 Å². The Morgan fingerprint density at radius 3 is 2.75 bits per heavy atom. The number of anilines is 1. The topological polar surface area (TPSA) is 47.6 Å². The zero-order valence-electron chi connectivity index (χ0n) is 13.3. The Labute approximate surface area is 144 Å². The maximum atomic E-state index is 13.5. The molecule has 0 saturated heterocycles. The van der Waals surface area contributed by atoms with E-state index in [1.165, 1.54) is 25.3 Å². The summed E-state index contributed by atoms with van der Waals surface area (Å²) in [7, 11) is 1.51. The standard InChI is InChI=1S/C18H17ClFNO3/c1-3-24-18-13(19)10-12(11-16(18)23-2)8-9-17(22)21-15-7-5-4-6-14(15)20/h4-11H,3H2,1-2H3,(H,21,22)/b9-8+.